The molecule has 1 aliphatic heterocycles. The summed E-state index contributed by atoms with van der Waals surface area (Å²) in [5.41, 5.74) is 1.06. The van der Waals surface area contributed by atoms with Gasteiger partial charge in [0.05, 0.1) is 12.6 Å². The van der Waals surface area contributed by atoms with Crippen molar-refractivity contribution < 1.29 is 19.0 Å². The number of pyridine rings is 1. The van der Waals surface area contributed by atoms with Gasteiger partial charge in [0.15, 0.2) is 11.5 Å². The number of aromatic nitrogens is 1. The lowest BCUT2D eigenvalue weighted by molar-refractivity contribution is -0.145. The average Bonchev–Trinajstić information content (AvgIpc) is 2.99. The van der Waals surface area contributed by atoms with Crippen LogP contribution in [0.4, 0.5) is 0 Å². The van der Waals surface area contributed by atoms with Crippen LogP contribution < -0.4 is 15.0 Å². The van der Waals surface area contributed by atoms with Gasteiger partial charge >= 0.3 is 5.97 Å². The number of nitrogens with one attached hydrogen (secondary N) is 1. The van der Waals surface area contributed by atoms with Crippen molar-refractivity contribution in [3.8, 4) is 11.5 Å². The summed E-state index contributed by atoms with van der Waals surface area (Å²) in [6.45, 7) is 2.25. The van der Waals surface area contributed by atoms with E-state index in [0.717, 1.165) is 5.39 Å². The van der Waals surface area contributed by atoms with Crippen LogP contribution in [0, 0.1) is 0 Å². The molecule has 1 aliphatic rings. The second kappa shape index (κ2) is 5.92. The van der Waals surface area contributed by atoms with E-state index in [1.165, 1.54) is 7.11 Å². The maximum Gasteiger partial charge on any atom is 0.322 e. The van der Waals surface area contributed by atoms with Crippen LogP contribution in [0.25, 0.3) is 10.9 Å². The molecular formula is C16H18N2O5. The van der Waals surface area contributed by atoms with Gasteiger partial charge in [-0.05, 0) is 26.1 Å². The largest absolute Gasteiger partial charge is 0.468 e. The minimum absolute atomic E-state index is 0.183. The van der Waals surface area contributed by atoms with Gasteiger partial charge in [-0.25, -0.2) is 0 Å². The molecule has 0 saturated heterocycles. The van der Waals surface area contributed by atoms with Gasteiger partial charge in [0.25, 0.3) is 5.56 Å². The molecule has 1 atom stereocenters. The minimum atomic E-state index is -0.438. The highest BCUT2D eigenvalue weighted by atomic mass is 16.7. The highest BCUT2D eigenvalue weighted by Crippen LogP contribution is 2.35. The van der Waals surface area contributed by atoms with E-state index in [2.05, 4.69) is 4.98 Å². The lowest BCUT2D eigenvalue weighted by atomic mass is 10.1. The summed E-state index contributed by atoms with van der Waals surface area (Å²) in [5.74, 6) is 0.942. The van der Waals surface area contributed by atoms with Crippen LogP contribution in [0.5, 0.6) is 11.5 Å². The van der Waals surface area contributed by atoms with Crippen molar-refractivity contribution in [3.05, 3.63) is 34.1 Å². The molecule has 0 fully saturated rings. The first-order chi connectivity index (χ1) is 11.0. The number of aromatic amines is 1. The minimum Gasteiger partial charge on any atom is -0.468 e. The molecule has 0 unspecified atom stereocenters. The van der Waals surface area contributed by atoms with Gasteiger partial charge in [-0.2, -0.15) is 0 Å². The van der Waals surface area contributed by atoms with Crippen LogP contribution in [-0.2, 0) is 16.1 Å². The number of esters is 1. The number of likely N-dealkylation sites (N-methyl/N-ethyl adjacent to an activating group) is 1. The number of benzene rings is 1. The van der Waals surface area contributed by atoms with Crippen molar-refractivity contribution in [1.82, 2.24) is 9.88 Å². The molecule has 0 bridgehead atoms. The Balaban J connectivity index is 1.92. The van der Waals surface area contributed by atoms with Gasteiger partial charge in [-0.3, -0.25) is 14.5 Å². The standard InChI is InChI=1S/C16H18N2O5/c1-9(16(20)21-3)18(2)7-11-4-10-5-13-14(23-8-22-13)6-12(10)17-15(11)19/h4-6,9H,7-8H2,1-3H3,(H,17,19)/t9-/m0/s1. The molecule has 1 N–H and O–H groups in total. The highest BCUT2D eigenvalue weighted by Gasteiger charge is 2.20. The number of carbonyl (C=O) groups excluding carboxylic acids is 1. The second-order valence-corrected chi connectivity index (χ2v) is 5.53. The molecule has 0 radical (unpaired) electrons. The van der Waals surface area contributed by atoms with Crippen LogP contribution >= 0.6 is 0 Å². The molecule has 7 nitrogen and oxygen atoms in total. The number of hydrogen-bond donors (Lipinski definition) is 1. The van der Waals surface area contributed by atoms with Crippen molar-refractivity contribution in [2.75, 3.05) is 21.0 Å². The maximum atomic E-state index is 12.3. The predicted octanol–water partition coefficient (Wildman–Crippen LogP) is 1.25. The Labute approximate surface area is 132 Å². The van der Waals surface area contributed by atoms with Crippen molar-refractivity contribution in [2.45, 2.75) is 19.5 Å². The van der Waals surface area contributed by atoms with Gasteiger partial charge in [0.2, 0.25) is 6.79 Å². The molecule has 2 aromatic rings. The fraction of sp³-hybridized carbons (Fsp3) is 0.375. The first kappa shape index (κ1) is 15.4. The number of fused-ring (bicyclic) bond motifs is 2. The van der Waals surface area contributed by atoms with Gasteiger partial charge in [-0.15, -0.1) is 0 Å². The molecule has 122 valence electrons. The zero-order valence-corrected chi connectivity index (χ0v) is 13.2. The van der Waals surface area contributed by atoms with E-state index < -0.39 is 6.04 Å². The Morgan fingerprint density at radius 2 is 2.04 bits per heavy atom. The quantitative estimate of drug-likeness (QED) is 0.855. The van der Waals surface area contributed by atoms with Crippen molar-refractivity contribution in [2.24, 2.45) is 0 Å². The summed E-state index contributed by atoms with van der Waals surface area (Å²) in [5, 5.41) is 0.850. The molecule has 0 amide bonds. The highest BCUT2D eigenvalue weighted by molar-refractivity contribution is 5.83. The first-order valence-corrected chi connectivity index (χ1v) is 7.23. The van der Waals surface area contributed by atoms with Crippen molar-refractivity contribution >= 4 is 16.9 Å². The van der Waals surface area contributed by atoms with E-state index >= 15 is 0 Å². The van der Waals surface area contributed by atoms with E-state index in [0.29, 0.717) is 29.1 Å². The SMILES string of the molecule is COC(=O)[C@H](C)N(C)Cc1cc2cc3c(cc2[nH]c1=O)OCO3. The van der Waals surface area contributed by atoms with E-state index in [1.807, 2.05) is 6.07 Å². The molecule has 1 aromatic carbocycles. The van der Waals surface area contributed by atoms with Crippen LogP contribution in [0.1, 0.15) is 12.5 Å². The molecule has 7 heteroatoms. The zero-order valence-electron chi connectivity index (χ0n) is 13.2. The fourth-order valence-electron chi connectivity index (χ4n) is 2.51. The van der Waals surface area contributed by atoms with Gasteiger partial charge in [0.1, 0.15) is 6.04 Å². The number of ether oxygens (including phenoxy) is 3. The summed E-state index contributed by atoms with van der Waals surface area (Å²) in [4.78, 5) is 28.4. The Hall–Kier alpha value is -2.54. The summed E-state index contributed by atoms with van der Waals surface area (Å²) >= 11 is 0. The number of H-pyrrole nitrogens is 1. The molecule has 23 heavy (non-hydrogen) atoms. The zero-order chi connectivity index (χ0) is 16.6. The van der Waals surface area contributed by atoms with E-state index in [1.54, 1.807) is 31.0 Å². The van der Waals surface area contributed by atoms with Crippen LogP contribution in [-0.4, -0.2) is 42.8 Å². The summed E-state index contributed by atoms with van der Waals surface area (Å²) in [6, 6.07) is 4.95. The molecular weight excluding hydrogens is 300 g/mol. The summed E-state index contributed by atoms with van der Waals surface area (Å²) < 4.78 is 15.4. The molecule has 0 aliphatic carbocycles. The third kappa shape index (κ3) is 2.87. The summed E-state index contributed by atoms with van der Waals surface area (Å²) in [7, 11) is 3.11. The van der Waals surface area contributed by atoms with Crippen LogP contribution in [0.3, 0.4) is 0 Å². The maximum absolute atomic E-state index is 12.3. The number of rotatable bonds is 4. The Bertz CT molecular complexity index is 814. The van der Waals surface area contributed by atoms with Gasteiger partial charge in [0, 0.05) is 23.6 Å². The van der Waals surface area contributed by atoms with E-state index in [-0.39, 0.29) is 18.3 Å². The predicted molar refractivity (Wildman–Crippen MR) is 83.6 cm³/mol. The molecule has 1 aromatic heterocycles. The molecule has 3 rings (SSSR count). The number of carbonyl (C=O) groups is 1. The third-order valence-corrected chi connectivity index (χ3v) is 4.04. The van der Waals surface area contributed by atoms with Crippen LogP contribution in [0.15, 0.2) is 23.0 Å². The number of nitrogens with zero attached hydrogens (tertiary/aromatic N) is 1. The smallest absolute Gasteiger partial charge is 0.322 e. The van der Waals surface area contributed by atoms with Gasteiger partial charge in [-0.1, -0.05) is 0 Å². The average molecular weight is 318 g/mol. The molecule has 0 saturated carbocycles. The Morgan fingerprint density at radius 3 is 2.74 bits per heavy atom. The second-order valence-electron chi connectivity index (χ2n) is 5.53. The van der Waals surface area contributed by atoms with Crippen molar-refractivity contribution in [3.63, 3.8) is 0 Å². The van der Waals surface area contributed by atoms with E-state index in [9.17, 15) is 9.59 Å². The van der Waals surface area contributed by atoms with E-state index in [4.69, 9.17) is 14.2 Å². The topological polar surface area (TPSA) is 80.9 Å². The monoisotopic (exact) mass is 318 g/mol. The number of methoxy groups -OCH3 is 1. The Kier molecular flexibility index (Phi) is 3.96. The third-order valence-electron chi connectivity index (χ3n) is 4.04. The number of hydrogen-bond acceptors (Lipinski definition) is 6. The fourth-order valence-corrected chi connectivity index (χ4v) is 2.51. The van der Waals surface area contributed by atoms with Crippen molar-refractivity contribution in [1.29, 1.82) is 0 Å². The first-order valence-electron chi connectivity index (χ1n) is 7.23. The lowest BCUT2D eigenvalue weighted by Gasteiger charge is -2.22. The lowest BCUT2D eigenvalue weighted by Crippen LogP contribution is -2.37. The summed E-state index contributed by atoms with van der Waals surface area (Å²) in [6.07, 6.45) is 0. The Morgan fingerprint density at radius 1 is 1.35 bits per heavy atom. The van der Waals surface area contributed by atoms with Crippen LogP contribution in [0.2, 0.25) is 0 Å². The molecule has 2 heterocycles. The normalized spacial score (nSPS) is 14.3. The molecule has 0 spiro atoms. The van der Waals surface area contributed by atoms with Gasteiger partial charge < -0.3 is 19.2 Å².